The van der Waals surface area contributed by atoms with Crippen LogP contribution in [0.4, 0.5) is 18.9 Å². The number of carbonyl (C=O) groups excluding carboxylic acids is 3. The Bertz CT molecular complexity index is 822. The molecule has 0 aliphatic heterocycles. The summed E-state index contributed by atoms with van der Waals surface area (Å²) in [6, 6.07) is 5.67. The minimum Gasteiger partial charge on any atom is -0.315 e. The van der Waals surface area contributed by atoms with Crippen molar-refractivity contribution in [2.75, 3.05) is 5.32 Å². The maximum Gasteiger partial charge on any atom is 0.316 e. The van der Waals surface area contributed by atoms with Gasteiger partial charge in [-0.2, -0.15) is 0 Å². The third-order valence-electron chi connectivity index (χ3n) is 2.80. The van der Waals surface area contributed by atoms with E-state index in [9.17, 15) is 27.6 Å². The van der Waals surface area contributed by atoms with Gasteiger partial charge in [0.05, 0.1) is 16.3 Å². The SMILES string of the molecule is O=C(NC(=O)c1c(F)cccc1Cl)C(=O)Nc1ccc(F)cc1F. The maximum absolute atomic E-state index is 13.5. The largest absolute Gasteiger partial charge is 0.316 e. The number of carbonyl (C=O) groups is 3. The zero-order valence-electron chi connectivity index (χ0n) is 11.7. The van der Waals surface area contributed by atoms with Crippen LogP contribution in [0.15, 0.2) is 36.4 Å². The van der Waals surface area contributed by atoms with Gasteiger partial charge in [0.25, 0.3) is 5.91 Å². The fraction of sp³-hybridized carbons (Fsp3) is 0. The first-order chi connectivity index (χ1) is 11.3. The van der Waals surface area contributed by atoms with Crippen molar-refractivity contribution in [1.29, 1.82) is 0 Å². The molecule has 24 heavy (non-hydrogen) atoms. The Labute approximate surface area is 138 Å². The van der Waals surface area contributed by atoms with Crippen LogP contribution in [-0.2, 0) is 9.59 Å². The summed E-state index contributed by atoms with van der Waals surface area (Å²) in [4.78, 5) is 35.1. The minimum atomic E-state index is -1.47. The van der Waals surface area contributed by atoms with Gasteiger partial charge < -0.3 is 5.32 Å². The summed E-state index contributed by atoms with van der Waals surface area (Å²) >= 11 is 5.65. The number of nitrogens with one attached hydrogen (secondary N) is 2. The van der Waals surface area contributed by atoms with Crippen LogP contribution in [-0.4, -0.2) is 17.7 Å². The number of hydrogen-bond donors (Lipinski definition) is 2. The fourth-order valence-corrected chi connectivity index (χ4v) is 1.96. The topological polar surface area (TPSA) is 75.3 Å². The predicted molar refractivity (Wildman–Crippen MR) is 78.9 cm³/mol. The standard InChI is InChI=1S/C15H8ClF3N2O3/c16-8-2-1-3-9(18)12(8)13(22)21-15(24)14(23)20-11-5-4-7(17)6-10(11)19/h1-6H,(H,20,23)(H,21,22,24). The normalized spacial score (nSPS) is 10.2. The molecule has 2 rings (SSSR count). The maximum atomic E-state index is 13.5. The van der Waals surface area contributed by atoms with Crippen LogP contribution in [0.1, 0.15) is 10.4 Å². The molecule has 0 aromatic heterocycles. The van der Waals surface area contributed by atoms with E-state index in [2.05, 4.69) is 0 Å². The summed E-state index contributed by atoms with van der Waals surface area (Å²) < 4.78 is 39.7. The van der Waals surface area contributed by atoms with E-state index >= 15 is 0 Å². The molecule has 2 aromatic rings. The lowest BCUT2D eigenvalue weighted by Crippen LogP contribution is -2.39. The smallest absolute Gasteiger partial charge is 0.315 e. The zero-order chi connectivity index (χ0) is 17.9. The molecule has 0 spiro atoms. The summed E-state index contributed by atoms with van der Waals surface area (Å²) in [5.41, 5.74) is -1.08. The van der Waals surface area contributed by atoms with Crippen molar-refractivity contribution in [3.8, 4) is 0 Å². The third kappa shape index (κ3) is 3.90. The summed E-state index contributed by atoms with van der Waals surface area (Å²) in [5, 5.41) is 3.21. The molecule has 0 aliphatic carbocycles. The molecule has 0 fully saturated rings. The van der Waals surface area contributed by atoms with E-state index in [1.807, 2.05) is 5.32 Å². The molecule has 5 nitrogen and oxygen atoms in total. The Morgan fingerprint density at radius 1 is 0.917 bits per heavy atom. The Hall–Kier alpha value is -2.87. The molecule has 0 unspecified atom stereocenters. The van der Waals surface area contributed by atoms with Crippen LogP contribution in [0.2, 0.25) is 5.02 Å². The Kier molecular flexibility index (Phi) is 5.20. The molecule has 0 atom stereocenters. The number of anilines is 1. The predicted octanol–water partition coefficient (Wildman–Crippen LogP) is 2.65. The van der Waals surface area contributed by atoms with E-state index in [1.165, 1.54) is 12.1 Å². The van der Waals surface area contributed by atoms with Gasteiger partial charge in [0.2, 0.25) is 0 Å². The van der Waals surface area contributed by atoms with Crippen LogP contribution < -0.4 is 10.6 Å². The monoisotopic (exact) mass is 356 g/mol. The van der Waals surface area contributed by atoms with Crippen LogP contribution in [0.25, 0.3) is 0 Å². The van der Waals surface area contributed by atoms with Crippen molar-refractivity contribution >= 4 is 35.0 Å². The lowest BCUT2D eigenvalue weighted by atomic mass is 10.2. The Balaban J connectivity index is 2.09. The van der Waals surface area contributed by atoms with Crippen LogP contribution >= 0.6 is 11.6 Å². The molecule has 0 aliphatic rings. The molecule has 9 heteroatoms. The summed E-state index contributed by atoms with van der Waals surface area (Å²) in [6.07, 6.45) is 0. The first-order valence-corrected chi connectivity index (χ1v) is 6.73. The Morgan fingerprint density at radius 2 is 1.62 bits per heavy atom. The highest BCUT2D eigenvalue weighted by Crippen LogP contribution is 2.19. The summed E-state index contributed by atoms with van der Waals surface area (Å²) in [5.74, 6) is -7.08. The highest BCUT2D eigenvalue weighted by molar-refractivity contribution is 6.43. The molecule has 2 N–H and O–H groups in total. The van der Waals surface area contributed by atoms with Crippen LogP contribution in [0, 0.1) is 17.5 Å². The number of rotatable bonds is 2. The van der Waals surface area contributed by atoms with Gasteiger partial charge in [0.1, 0.15) is 17.5 Å². The van der Waals surface area contributed by atoms with Gasteiger partial charge in [0.15, 0.2) is 0 Å². The number of imide groups is 1. The van der Waals surface area contributed by atoms with E-state index in [0.717, 1.165) is 18.2 Å². The fourth-order valence-electron chi connectivity index (χ4n) is 1.71. The van der Waals surface area contributed by atoms with Gasteiger partial charge in [-0.25, -0.2) is 13.2 Å². The van der Waals surface area contributed by atoms with E-state index in [-0.39, 0.29) is 5.02 Å². The quantitative estimate of drug-likeness (QED) is 0.812. The van der Waals surface area contributed by atoms with Gasteiger partial charge in [-0.05, 0) is 24.3 Å². The van der Waals surface area contributed by atoms with Gasteiger partial charge >= 0.3 is 11.8 Å². The van der Waals surface area contributed by atoms with Gasteiger partial charge in [0, 0.05) is 6.07 Å². The Morgan fingerprint density at radius 3 is 2.25 bits per heavy atom. The van der Waals surface area contributed by atoms with Crippen molar-refractivity contribution in [3.05, 3.63) is 64.4 Å². The molecule has 0 saturated heterocycles. The van der Waals surface area contributed by atoms with Gasteiger partial charge in [-0.3, -0.25) is 19.7 Å². The van der Waals surface area contributed by atoms with Crippen molar-refractivity contribution in [2.24, 2.45) is 0 Å². The van der Waals surface area contributed by atoms with Gasteiger partial charge in [-0.1, -0.05) is 17.7 Å². The van der Waals surface area contributed by atoms with E-state index in [4.69, 9.17) is 11.6 Å². The molecular formula is C15H8ClF3N2O3. The van der Waals surface area contributed by atoms with Crippen LogP contribution in [0.3, 0.4) is 0 Å². The number of hydrogen-bond acceptors (Lipinski definition) is 3. The van der Waals surface area contributed by atoms with E-state index in [1.54, 1.807) is 5.32 Å². The number of halogens is 4. The van der Waals surface area contributed by atoms with Crippen molar-refractivity contribution in [3.63, 3.8) is 0 Å². The minimum absolute atomic E-state index is 0.259. The molecular weight excluding hydrogens is 349 g/mol. The van der Waals surface area contributed by atoms with Crippen LogP contribution in [0.5, 0.6) is 0 Å². The van der Waals surface area contributed by atoms with E-state index < -0.39 is 46.4 Å². The average Bonchev–Trinajstić information content (AvgIpc) is 2.49. The van der Waals surface area contributed by atoms with Gasteiger partial charge in [-0.15, -0.1) is 0 Å². The lowest BCUT2D eigenvalue weighted by molar-refractivity contribution is -0.135. The molecule has 0 radical (unpaired) electrons. The molecule has 0 heterocycles. The van der Waals surface area contributed by atoms with Crippen molar-refractivity contribution < 1.29 is 27.6 Å². The number of amides is 3. The second-order valence-corrected chi connectivity index (χ2v) is 4.87. The average molecular weight is 357 g/mol. The molecule has 3 amide bonds. The first-order valence-electron chi connectivity index (χ1n) is 6.35. The number of benzene rings is 2. The lowest BCUT2D eigenvalue weighted by Gasteiger charge is -2.08. The van der Waals surface area contributed by atoms with E-state index in [0.29, 0.717) is 6.07 Å². The summed E-state index contributed by atoms with van der Waals surface area (Å²) in [7, 11) is 0. The second-order valence-electron chi connectivity index (χ2n) is 4.46. The third-order valence-corrected chi connectivity index (χ3v) is 3.12. The first kappa shape index (κ1) is 17.5. The molecule has 2 aromatic carbocycles. The molecule has 0 bridgehead atoms. The second kappa shape index (κ2) is 7.14. The molecule has 0 saturated carbocycles. The van der Waals surface area contributed by atoms with Crippen molar-refractivity contribution in [2.45, 2.75) is 0 Å². The zero-order valence-corrected chi connectivity index (χ0v) is 12.5. The molecule has 124 valence electrons. The highest BCUT2D eigenvalue weighted by atomic mass is 35.5. The highest BCUT2D eigenvalue weighted by Gasteiger charge is 2.22. The summed E-state index contributed by atoms with van der Waals surface area (Å²) in [6.45, 7) is 0. The van der Waals surface area contributed by atoms with Crippen molar-refractivity contribution in [1.82, 2.24) is 5.32 Å².